The Hall–Kier alpha value is -2.44. The van der Waals surface area contributed by atoms with Crippen LogP contribution < -0.4 is 10.1 Å². The topological polar surface area (TPSA) is 84.4 Å². The maximum atomic E-state index is 12.8. The van der Waals surface area contributed by atoms with Crippen molar-refractivity contribution in [3.63, 3.8) is 0 Å². The maximum Gasteiger partial charge on any atom is 0.274 e. The van der Waals surface area contributed by atoms with E-state index in [1.165, 1.54) is 18.5 Å². The number of aromatic nitrogens is 2. The van der Waals surface area contributed by atoms with Gasteiger partial charge in [0, 0.05) is 13.1 Å². The van der Waals surface area contributed by atoms with Gasteiger partial charge in [0.25, 0.3) is 5.91 Å². The number of amides is 2. The maximum absolute atomic E-state index is 12.8. The van der Waals surface area contributed by atoms with Gasteiger partial charge in [-0.2, -0.15) is 0 Å². The molecule has 1 aromatic rings. The first-order valence-electron chi connectivity index (χ1n) is 9.30. The van der Waals surface area contributed by atoms with E-state index in [9.17, 15) is 9.59 Å². The van der Waals surface area contributed by atoms with E-state index in [1.807, 2.05) is 13.8 Å². The van der Waals surface area contributed by atoms with Crippen LogP contribution in [0.25, 0.3) is 0 Å². The van der Waals surface area contributed by atoms with Crippen molar-refractivity contribution in [2.45, 2.75) is 53.2 Å². The number of nitrogens with one attached hydrogen (secondary N) is 1. The van der Waals surface area contributed by atoms with Crippen LogP contribution in [-0.4, -0.2) is 51.9 Å². The fourth-order valence-electron chi connectivity index (χ4n) is 3.33. The molecule has 1 aromatic heterocycles. The molecular weight excluding hydrogens is 344 g/mol. The molecule has 2 rings (SSSR count). The fraction of sp³-hybridized carbons (Fsp3) is 0.600. The molecule has 1 N–H and O–H groups in total. The van der Waals surface area contributed by atoms with Crippen LogP contribution in [0.2, 0.25) is 0 Å². The number of carbonyl (C=O) groups is 2. The van der Waals surface area contributed by atoms with Crippen LogP contribution >= 0.6 is 0 Å². The lowest BCUT2D eigenvalue weighted by Crippen LogP contribution is -2.41. The minimum atomic E-state index is -0.219. The molecular formula is C20H30N4O3. The lowest BCUT2D eigenvalue weighted by molar-refractivity contribution is -0.117. The molecule has 0 bridgehead atoms. The molecule has 1 fully saturated rings. The minimum absolute atomic E-state index is 0.00757. The molecule has 0 aromatic carbocycles. The minimum Gasteiger partial charge on any atom is -0.474 e. The van der Waals surface area contributed by atoms with E-state index in [0.717, 1.165) is 6.42 Å². The number of hydrogen-bond donors (Lipinski definition) is 1. The van der Waals surface area contributed by atoms with E-state index in [1.54, 1.807) is 4.90 Å². The molecule has 7 heteroatoms. The molecule has 1 saturated heterocycles. The summed E-state index contributed by atoms with van der Waals surface area (Å²) in [5.41, 5.74) is 0.368. The van der Waals surface area contributed by atoms with Crippen molar-refractivity contribution in [1.29, 1.82) is 0 Å². The lowest BCUT2D eigenvalue weighted by Gasteiger charge is -2.26. The van der Waals surface area contributed by atoms with Gasteiger partial charge in [-0.05, 0) is 37.7 Å². The smallest absolute Gasteiger partial charge is 0.274 e. The molecule has 1 aliphatic heterocycles. The molecule has 7 nitrogen and oxygen atoms in total. The second-order valence-electron chi connectivity index (χ2n) is 8.46. The summed E-state index contributed by atoms with van der Waals surface area (Å²) >= 11 is 0. The SMILES string of the molecule is C=CC(=O)N[C@@H]1CN(C(=O)c2cnc(OC(C)C)cn2)C[C@H]1CC(C)(C)C. The van der Waals surface area contributed by atoms with Crippen LogP contribution in [0.5, 0.6) is 5.88 Å². The highest BCUT2D eigenvalue weighted by Gasteiger charge is 2.38. The van der Waals surface area contributed by atoms with E-state index >= 15 is 0 Å². The molecule has 2 atom stereocenters. The third-order valence-corrected chi connectivity index (χ3v) is 4.32. The predicted molar refractivity (Wildman–Crippen MR) is 103 cm³/mol. The lowest BCUT2D eigenvalue weighted by atomic mass is 9.82. The Balaban J connectivity index is 2.11. The van der Waals surface area contributed by atoms with E-state index in [0.29, 0.717) is 19.0 Å². The Bertz CT molecular complexity index is 679. The van der Waals surface area contributed by atoms with E-state index in [-0.39, 0.29) is 41.0 Å². The van der Waals surface area contributed by atoms with Crippen molar-refractivity contribution in [3.8, 4) is 5.88 Å². The number of nitrogens with zero attached hydrogens (tertiary/aromatic N) is 3. The van der Waals surface area contributed by atoms with Crippen molar-refractivity contribution < 1.29 is 14.3 Å². The summed E-state index contributed by atoms with van der Waals surface area (Å²) in [5, 5.41) is 2.96. The highest BCUT2D eigenvalue weighted by molar-refractivity contribution is 5.92. The van der Waals surface area contributed by atoms with E-state index < -0.39 is 0 Å². The first-order valence-corrected chi connectivity index (χ1v) is 9.30. The zero-order valence-electron chi connectivity index (χ0n) is 16.9. The van der Waals surface area contributed by atoms with Gasteiger partial charge in [0.05, 0.1) is 24.5 Å². The fourth-order valence-corrected chi connectivity index (χ4v) is 3.33. The predicted octanol–water partition coefficient (Wildman–Crippen LogP) is 2.44. The second-order valence-corrected chi connectivity index (χ2v) is 8.46. The summed E-state index contributed by atoms with van der Waals surface area (Å²) in [6, 6.07) is -0.102. The summed E-state index contributed by atoms with van der Waals surface area (Å²) in [7, 11) is 0. The molecule has 0 unspecified atom stereocenters. The molecule has 1 aliphatic rings. The second kappa shape index (κ2) is 8.50. The third kappa shape index (κ3) is 6.05. The van der Waals surface area contributed by atoms with Gasteiger partial charge in [-0.1, -0.05) is 27.4 Å². The largest absolute Gasteiger partial charge is 0.474 e. The van der Waals surface area contributed by atoms with Crippen LogP contribution in [0.4, 0.5) is 0 Å². The van der Waals surface area contributed by atoms with Crippen molar-refractivity contribution >= 4 is 11.8 Å². The molecule has 0 aliphatic carbocycles. The van der Waals surface area contributed by atoms with Crippen LogP contribution in [0.1, 0.15) is 51.5 Å². The standard InChI is InChI=1S/C20H30N4O3/c1-7-17(25)23-16-12-24(11-14(16)8-20(4,5)6)19(26)15-9-22-18(10-21-15)27-13(2)3/h7,9-10,13-14,16H,1,8,11-12H2,2-6H3,(H,23,25)/t14-,16-/m1/s1. The van der Waals surface area contributed by atoms with E-state index in [2.05, 4.69) is 42.6 Å². The first kappa shape index (κ1) is 20.9. The average molecular weight is 374 g/mol. The van der Waals surface area contributed by atoms with Crippen LogP contribution in [0.15, 0.2) is 25.0 Å². The summed E-state index contributed by atoms with van der Waals surface area (Å²) in [5.74, 6) is 0.162. The number of rotatable bonds is 6. The Morgan fingerprint density at radius 3 is 2.56 bits per heavy atom. The van der Waals surface area contributed by atoms with Crippen LogP contribution in [0, 0.1) is 11.3 Å². The summed E-state index contributed by atoms with van der Waals surface area (Å²) < 4.78 is 5.46. The Morgan fingerprint density at radius 2 is 2.04 bits per heavy atom. The number of hydrogen-bond acceptors (Lipinski definition) is 5. The molecule has 0 radical (unpaired) electrons. The van der Waals surface area contributed by atoms with Gasteiger partial charge in [-0.15, -0.1) is 0 Å². The van der Waals surface area contributed by atoms with Gasteiger partial charge >= 0.3 is 0 Å². The van der Waals surface area contributed by atoms with Gasteiger partial charge in [0.1, 0.15) is 5.69 Å². The quantitative estimate of drug-likeness (QED) is 0.773. The number of likely N-dealkylation sites (tertiary alicyclic amines) is 1. The van der Waals surface area contributed by atoms with Crippen molar-refractivity contribution in [2.75, 3.05) is 13.1 Å². The van der Waals surface area contributed by atoms with Gasteiger partial charge < -0.3 is 15.0 Å². The van der Waals surface area contributed by atoms with Gasteiger partial charge in [-0.3, -0.25) is 9.59 Å². The molecule has 27 heavy (non-hydrogen) atoms. The third-order valence-electron chi connectivity index (χ3n) is 4.32. The highest BCUT2D eigenvalue weighted by atomic mass is 16.5. The molecule has 148 valence electrons. The molecule has 0 spiro atoms. The number of ether oxygens (including phenoxy) is 1. The van der Waals surface area contributed by atoms with Crippen molar-refractivity contribution in [2.24, 2.45) is 11.3 Å². The Kier molecular flexibility index (Phi) is 6.57. The van der Waals surface area contributed by atoms with Crippen molar-refractivity contribution in [1.82, 2.24) is 20.2 Å². The molecule has 2 amide bonds. The Morgan fingerprint density at radius 1 is 1.33 bits per heavy atom. The first-order chi connectivity index (χ1) is 12.6. The van der Waals surface area contributed by atoms with Crippen LogP contribution in [-0.2, 0) is 4.79 Å². The summed E-state index contributed by atoms with van der Waals surface area (Å²) in [6.45, 7) is 14.8. The number of carbonyl (C=O) groups excluding carboxylic acids is 2. The van der Waals surface area contributed by atoms with Gasteiger partial charge in [0.2, 0.25) is 11.8 Å². The highest BCUT2D eigenvalue weighted by Crippen LogP contribution is 2.31. The van der Waals surface area contributed by atoms with Crippen molar-refractivity contribution in [3.05, 3.63) is 30.7 Å². The zero-order chi connectivity index (χ0) is 20.2. The van der Waals surface area contributed by atoms with E-state index in [4.69, 9.17) is 4.74 Å². The monoisotopic (exact) mass is 374 g/mol. The normalized spacial score (nSPS) is 19.9. The van der Waals surface area contributed by atoms with Gasteiger partial charge in [-0.25, -0.2) is 9.97 Å². The zero-order valence-corrected chi connectivity index (χ0v) is 16.9. The Labute approximate surface area is 161 Å². The summed E-state index contributed by atoms with van der Waals surface area (Å²) in [6.07, 6.45) is 5.05. The summed E-state index contributed by atoms with van der Waals surface area (Å²) in [4.78, 5) is 34.7. The van der Waals surface area contributed by atoms with Crippen LogP contribution in [0.3, 0.4) is 0 Å². The average Bonchev–Trinajstić information content (AvgIpc) is 2.94. The molecule has 0 saturated carbocycles. The van der Waals surface area contributed by atoms with Gasteiger partial charge in [0.15, 0.2) is 0 Å². The molecule has 2 heterocycles.